The molecule has 2 saturated carbocycles. The first-order chi connectivity index (χ1) is 6.74. The lowest BCUT2D eigenvalue weighted by molar-refractivity contribution is 0.395. The predicted molar refractivity (Wildman–Crippen MR) is 54.5 cm³/mol. The average molecular weight is 191 g/mol. The monoisotopic (exact) mass is 191 g/mol. The van der Waals surface area contributed by atoms with Gasteiger partial charge < -0.3 is 5.73 Å². The van der Waals surface area contributed by atoms with Gasteiger partial charge in [-0.2, -0.15) is 5.10 Å². The molecule has 3 atom stereocenters. The summed E-state index contributed by atoms with van der Waals surface area (Å²) in [5.74, 6) is 2.71. The molecule has 0 radical (unpaired) electrons. The zero-order valence-corrected chi connectivity index (χ0v) is 8.56. The number of fused-ring (bicyclic) bond motifs is 1. The van der Waals surface area contributed by atoms with Crippen molar-refractivity contribution in [1.82, 2.24) is 9.78 Å². The Kier molecular flexibility index (Phi) is 1.71. The van der Waals surface area contributed by atoms with Gasteiger partial charge in [0.05, 0.1) is 11.7 Å². The SMILES string of the molecule is Cn1ccc(C(N)C2CC3CC3C2)n1. The summed E-state index contributed by atoms with van der Waals surface area (Å²) in [6.07, 6.45) is 6.11. The number of rotatable bonds is 2. The maximum Gasteiger partial charge on any atom is 0.0794 e. The molecule has 0 spiro atoms. The molecule has 2 fully saturated rings. The third-order valence-corrected chi connectivity index (χ3v) is 3.86. The molecule has 1 aromatic rings. The van der Waals surface area contributed by atoms with Gasteiger partial charge in [0.1, 0.15) is 0 Å². The van der Waals surface area contributed by atoms with Gasteiger partial charge in [-0.1, -0.05) is 0 Å². The molecule has 0 amide bonds. The lowest BCUT2D eigenvalue weighted by Crippen LogP contribution is -2.21. The molecule has 1 aromatic heterocycles. The minimum Gasteiger partial charge on any atom is -0.322 e. The summed E-state index contributed by atoms with van der Waals surface area (Å²) < 4.78 is 1.84. The largest absolute Gasteiger partial charge is 0.322 e. The van der Waals surface area contributed by atoms with E-state index in [-0.39, 0.29) is 6.04 Å². The summed E-state index contributed by atoms with van der Waals surface area (Å²) in [6, 6.07) is 2.22. The predicted octanol–water partition coefficient (Wildman–Crippen LogP) is 1.47. The lowest BCUT2D eigenvalue weighted by atomic mass is 9.93. The van der Waals surface area contributed by atoms with Crippen LogP contribution in [0.4, 0.5) is 0 Å². The second-order valence-electron chi connectivity index (χ2n) is 4.93. The fraction of sp³-hybridized carbons (Fsp3) is 0.727. The van der Waals surface area contributed by atoms with Crippen LogP contribution in [-0.2, 0) is 7.05 Å². The highest BCUT2D eigenvalue weighted by molar-refractivity contribution is 5.09. The number of aromatic nitrogens is 2. The second kappa shape index (κ2) is 2.83. The number of hydrogen-bond acceptors (Lipinski definition) is 2. The van der Waals surface area contributed by atoms with Crippen LogP contribution in [0.2, 0.25) is 0 Å². The van der Waals surface area contributed by atoms with E-state index in [9.17, 15) is 0 Å². The summed E-state index contributed by atoms with van der Waals surface area (Å²) in [6.45, 7) is 0. The van der Waals surface area contributed by atoms with Gasteiger partial charge in [0.15, 0.2) is 0 Å². The van der Waals surface area contributed by atoms with Crippen LogP contribution in [0.1, 0.15) is 31.0 Å². The Hall–Kier alpha value is -0.830. The molecule has 0 aromatic carbocycles. The Balaban J connectivity index is 1.72. The Morgan fingerprint density at radius 2 is 2.14 bits per heavy atom. The van der Waals surface area contributed by atoms with Crippen LogP contribution in [0.3, 0.4) is 0 Å². The molecule has 2 aliphatic rings. The highest BCUT2D eigenvalue weighted by atomic mass is 15.3. The maximum absolute atomic E-state index is 6.22. The van der Waals surface area contributed by atoms with Crippen molar-refractivity contribution in [1.29, 1.82) is 0 Å². The molecule has 3 unspecified atom stereocenters. The van der Waals surface area contributed by atoms with Crippen LogP contribution in [0.15, 0.2) is 12.3 Å². The zero-order valence-electron chi connectivity index (χ0n) is 8.56. The summed E-state index contributed by atoms with van der Waals surface area (Å²) in [5, 5.41) is 4.39. The smallest absolute Gasteiger partial charge is 0.0794 e. The minimum atomic E-state index is 0.170. The van der Waals surface area contributed by atoms with Gasteiger partial charge in [-0.25, -0.2) is 0 Å². The minimum absolute atomic E-state index is 0.170. The molecule has 3 heteroatoms. The molecule has 0 bridgehead atoms. The van der Waals surface area contributed by atoms with Crippen LogP contribution < -0.4 is 5.73 Å². The quantitative estimate of drug-likeness (QED) is 0.769. The highest BCUT2D eigenvalue weighted by Crippen LogP contribution is 2.56. The lowest BCUT2D eigenvalue weighted by Gasteiger charge is -2.18. The van der Waals surface area contributed by atoms with Gasteiger partial charge >= 0.3 is 0 Å². The fourth-order valence-electron chi connectivity index (χ4n) is 2.91. The van der Waals surface area contributed by atoms with Crippen molar-refractivity contribution in [2.75, 3.05) is 0 Å². The molecule has 0 aliphatic heterocycles. The third kappa shape index (κ3) is 1.27. The van der Waals surface area contributed by atoms with Gasteiger partial charge in [-0.15, -0.1) is 0 Å². The Morgan fingerprint density at radius 1 is 1.43 bits per heavy atom. The van der Waals surface area contributed by atoms with Crippen molar-refractivity contribution >= 4 is 0 Å². The van der Waals surface area contributed by atoms with Gasteiger partial charge in [-0.05, 0) is 43.1 Å². The van der Waals surface area contributed by atoms with Crippen LogP contribution >= 0.6 is 0 Å². The van der Waals surface area contributed by atoms with Crippen LogP contribution in [0.5, 0.6) is 0 Å². The molecule has 2 N–H and O–H groups in total. The first kappa shape index (κ1) is 8.48. The maximum atomic E-state index is 6.22. The van der Waals surface area contributed by atoms with E-state index in [1.807, 2.05) is 17.9 Å². The molecular weight excluding hydrogens is 174 g/mol. The Bertz CT molecular complexity index is 334. The number of aryl methyl sites for hydroxylation is 1. The first-order valence-corrected chi connectivity index (χ1v) is 5.49. The van der Waals surface area contributed by atoms with E-state index >= 15 is 0 Å². The second-order valence-corrected chi connectivity index (χ2v) is 4.93. The number of hydrogen-bond donors (Lipinski definition) is 1. The van der Waals surface area contributed by atoms with E-state index in [1.54, 1.807) is 0 Å². The van der Waals surface area contributed by atoms with Crippen LogP contribution in [0, 0.1) is 17.8 Å². The summed E-state index contributed by atoms with van der Waals surface area (Å²) in [4.78, 5) is 0. The van der Waals surface area contributed by atoms with E-state index in [0.717, 1.165) is 17.5 Å². The summed E-state index contributed by atoms with van der Waals surface area (Å²) >= 11 is 0. The van der Waals surface area contributed by atoms with Crippen molar-refractivity contribution in [3.63, 3.8) is 0 Å². The molecule has 3 nitrogen and oxygen atoms in total. The Morgan fingerprint density at radius 3 is 2.71 bits per heavy atom. The molecule has 76 valence electrons. The average Bonchev–Trinajstić information content (AvgIpc) is 2.64. The summed E-state index contributed by atoms with van der Waals surface area (Å²) in [5.41, 5.74) is 7.29. The van der Waals surface area contributed by atoms with Gasteiger partial charge in [-0.3, -0.25) is 4.68 Å². The van der Waals surface area contributed by atoms with Gasteiger partial charge in [0.25, 0.3) is 0 Å². The van der Waals surface area contributed by atoms with Crippen molar-refractivity contribution in [3.05, 3.63) is 18.0 Å². The van der Waals surface area contributed by atoms with E-state index in [1.165, 1.54) is 19.3 Å². The van der Waals surface area contributed by atoms with Crippen molar-refractivity contribution in [2.45, 2.75) is 25.3 Å². The van der Waals surface area contributed by atoms with Crippen molar-refractivity contribution in [2.24, 2.45) is 30.5 Å². The molecule has 2 aliphatic carbocycles. The Labute approximate surface area is 84.3 Å². The van der Waals surface area contributed by atoms with E-state index < -0.39 is 0 Å². The molecule has 0 saturated heterocycles. The van der Waals surface area contributed by atoms with E-state index in [2.05, 4.69) is 11.2 Å². The van der Waals surface area contributed by atoms with Crippen molar-refractivity contribution < 1.29 is 0 Å². The van der Waals surface area contributed by atoms with Gasteiger partial charge in [0.2, 0.25) is 0 Å². The normalized spacial score (nSPS) is 36.9. The topological polar surface area (TPSA) is 43.8 Å². The van der Waals surface area contributed by atoms with Crippen LogP contribution in [0.25, 0.3) is 0 Å². The fourth-order valence-corrected chi connectivity index (χ4v) is 2.91. The number of nitrogens with two attached hydrogens (primary N) is 1. The van der Waals surface area contributed by atoms with Crippen LogP contribution in [-0.4, -0.2) is 9.78 Å². The highest BCUT2D eigenvalue weighted by Gasteiger charge is 2.47. The van der Waals surface area contributed by atoms with E-state index in [0.29, 0.717) is 5.92 Å². The third-order valence-electron chi connectivity index (χ3n) is 3.86. The molecular formula is C11H17N3. The van der Waals surface area contributed by atoms with Crippen molar-refractivity contribution in [3.8, 4) is 0 Å². The molecule has 1 heterocycles. The molecule has 14 heavy (non-hydrogen) atoms. The van der Waals surface area contributed by atoms with Gasteiger partial charge in [0, 0.05) is 13.2 Å². The zero-order chi connectivity index (χ0) is 9.71. The first-order valence-electron chi connectivity index (χ1n) is 5.49. The summed E-state index contributed by atoms with van der Waals surface area (Å²) in [7, 11) is 1.95. The standard InChI is InChI=1S/C11H17N3/c1-14-3-2-10(13-14)11(12)9-5-7-4-8(7)6-9/h2-3,7-9,11H,4-6,12H2,1H3. The molecule has 3 rings (SSSR count). The number of nitrogens with zero attached hydrogens (tertiary/aromatic N) is 2. The van der Waals surface area contributed by atoms with E-state index in [4.69, 9.17) is 5.73 Å².